The molecule has 0 N–H and O–H groups in total. The molecule has 1 aliphatic rings. The SMILES string of the molecule is CCCc1cc(N2CCO[C@@H](c3ccc(F)cc3F)C2)n2ncnc2n1. The number of anilines is 1. The minimum absolute atomic E-state index is 0.355. The van der Waals surface area contributed by atoms with Crippen molar-refractivity contribution in [3.05, 3.63) is 53.5 Å². The number of ether oxygens (including phenoxy) is 1. The summed E-state index contributed by atoms with van der Waals surface area (Å²) in [5, 5.41) is 4.26. The molecule has 3 heterocycles. The molecule has 0 unspecified atom stereocenters. The van der Waals surface area contributed by atoms with Crippen LogP contribution < -0.4 is 4.90 Å². The average Bonchev–Trinajstić information content (AvgIpc) is 3.10. The third-order valence-electron chi connectivity index (χ3n) is 4.49. The quantitative estimate of drug-likeness (QED) is 0.717. The Kier molecular flexibility index (Phi) is 4.50. The molecule has 136 valence electrons. The predicted octanol–water partition coefficient (Wildman–Crippen LogP) is 2.93. The van der Waals surface area contributed by atoms with Crippen LogP contribution in [-0.2, 0) is 11.2 Å². The lowest BCUT2D eigenvalue weighted by Gasteiger charge is -2.34. The molecule has 4 rings (SSSR count). The summed E-state index contributed by atoms with van der Waals surface area (Å²) in [6.07, 6.45) is 2.81. The van der Waals surface area contributed by atoms with Gasteiger partial charge in [-0.2, -0.15) is 14.6 Å². The van der Waals surface area contributed by atoms with Gasteiger partial charge in [0.05, 0.1) is 6.61 Å². The monoisotopic (exact) mass is 359 g/mol. The highest BCUT2D eigenvalue weighted by Gasteiger charge is 2.26. The molecule has 0 bridgehead atoms. The molecule has 1 saturated heterocycles. The molecule has 0 radical (unpaired) electrons. The van der Waals surface area contributed by atoms with E-state index in [0.717, 1.165) is 30.4 Å². The number of morpholine rings is 1. The van der Waals surface area contributed by atoms with E-state index in [1.807, 2.05) is 6.07 Å². The van der Waals surface area contributed by atoms with Crippen molar-refractivity contribution in [2.75, 3.05) is 24.6 Å². The van der Waals surface area contributed by atoms with E-state index in [1.54, 1.807) is 4.52 Å². The lowest BCUT2D eigenvalue weighted by atomic mass is 10.1. The molecule has 0 spiro atoms. The Balaban J connectivity index is 1.67. The molecule has 1 fully saturated rings. The Hall–Kier alpha value is -2.61. The highest BCUT2D eigenvalue weighted by Crippen LogP contribution is 2.28. The molecule has 3 aromatic rings. The molecule has 0 aliphatic carbocycles. The summed E-state index contributed by atoms with van der Waals surface area (Å²) in [4.78, 5) is 10.8. The summed E-state index contributed by atoms with van der Waals surface area (Å²) in [5.41, 5.74) is 1.30. The van der Waals surface area contributed by atoms with Crippen molar-refractivity contribution in [3.63, 3.8) is 0 Å². The zero-order valence-corrected chi connectivity index (χ0v) is 14.4. The zero-order chi connectivity index (χ0) is 18.1. The number of halogens is 2. The second-order valence-electron chi connectivity index (χ2n) is 6.30. The summed E-state index contributed by atoms with van der Waals surface area (Å²) in [6.45, 7) is 3.61. The first-order valence-corrected chi connectivity index (χ1v) is 8.67. The lowest BCUT2D eigenvalue weighted by Crippen LogP contribution is -2.39. The first kappa shape index (κ1) is 16.8. The molecule has 1 aliphatic heterocycles. The van der Waals surface area contributed by atoms with E-state index in [9.17, 15) is 8.78 Å². The van der Waals surface area contributed by atoms with Gasteiger partial charge in [0, 0.05) is 36.5 Å². The summed E-state index contributed by atoms with van der Waals surface area (Å²) < 4.78 is 34.8. The van der Waals surface area contributed by atoms with Crippen LogP contribution >= 0.6 is 0 Å². The molecule has 2 aromatic heterocycles. The summed E-state index contributed by atoms with van der Waals surface area (Å²) in [5.74, 6) is 0.208. The molecule has 0 saturated carbocycles. The second-order valence-corrected chi connectivity index (χ2v) is 6.30. The highest BCUT2D eigenvalue weighted by molar-refractivity contribution is 5.48. The van der Waals surface area contributed by atoms with Crippen molar-refractivity contribution in [3.8, 4) is 0 Å². The van der Waals surface area contributed by atoms with Gasteiger partial charge in [0.25, 0.3) is 5.78 Å². The van der Waals surface area contributed by atoms with Gasteiger partial charge in [-0.3, -0.25) is 0 Å². The van der Waals surface area contributed by atoms with E-state index in [1.165, 1.54) is 18.5 Å². The van der Waals surface area contributed by atoms with Crippen LogP contribution in [0, 0.1) is 11.6 Å². The molecule has 26 heavy (non-hydrogen) atoms. The van der Waals surface area contributed by atoms with Crippen LogP contribution in [0.15, 0.2) is 30.6 Å². The van der Waals surface area contributed by atoms with Crippen molar-refractivity contribution in [2.24, 2.45) is 0 Å². The molecular formula is C18H19F2N5O. The van der Waals surface area contributed by atoms with E-state index >= 15 is 0 Å². The number of nitrogens with zero attached hydrogens (tertiary/aromatic N) is 5. The first-order valence-electron chi connectivity index (χ1n) is 8.67. The molecule has 6 nitrogen and oxygen atoms in total. The maximum Gasteiger partial charge on any atom is 0.254 e. The number of hydrogen-bond acceptors (Lipinski definition) is 5. The Bertz CT molecular complexity index is 929. The Morgan fingerprint density at radius 3 is 2.96 bits per heavy atom. The highest BCUT2D eigenvalue weighted by atomic mass is 19.1. The second kappa shape index (κ2) is 6.95. The number of benzene rings is 1. The third kappa shape index (κ3) is 3.12. The van der Waals surface area contributed by atoms with Gasteiger partial charge in [-0.05, 0) is 12.5 Å². The van der Waals surface area contributed by atoms with Gasteiger partial charge in [-0.15, -0.1) is 0 Å². The van der Waals surface area contributed by atoms with Gasteiger partial charge in [-0.1, -0.05) is 19.4 Å². The van der Waals surface area contributed by atoms with Crippen molar-refractivity contribution >= 4 is 11.6 Å². The van der Waals surface area contributed by atoms with Crippen LogP contribution in [-0.4, -0.2) is 39.3 Å². The minimum atomic E-state index is -0.596. The van der Waals surface area contributed by atoms with Crippen molar-refractivity contribution in [2.45, 2.75) is 25.9 Å². The van der Waals surface area contributed by atoms with Gasteiger partial charge < -0.3 is 9.64 Å². The number of rotatable bonds is 4. The van der Waals surface area contributed by atoms with Crippen LogP contribution in [0.3, 0.4) is 0 Å². The van der Waals surface area contributed by atoms with Crippen molar-refractivity contribution in [1.82, 2.24) is 19.6 Å². The van der Waals surface area contributed by atoms with Crippen LogP contribution in [0.5, 0.6) is 0 Å². The lowest BCUT2D eigenvalue weighted by molar-refractivity contribution is 0.0370. The first-order chi connectivity index (χ1) is 12.7. The van der Waals surface area contributed by atoms with Gasteiger partial charge in [0.2, 0.25) is 0 Å². The largest absolute Gasteiger partial charge is 0.370 e. The topological polar surface area (TPSA) is 55.6 Å². The Morgan fingerprint density at radius 1 is 1.27 bits per heavy atom. The average molecular weight is 359 g/mol. The van der Waals surface area contributed by atoms with E-state index in [0.29, 0.717) is 31.0 Å². The number of aryl methyl sites for hydroxylation is 1. The Labute approximate surface area is 149 Å². The molecule has 0 amide bonds. The standard InChI is InChI=1S/C18H19F2N5O/c1-2-3-13-9-17(25-18(23-13)21-11-22-25)24-6-7-26-16(10-24)14-5-4-12(19)8-15(14)20/h4-5,8-9,11,16H,2-3,6-7,10H2,1H3/t16-/m1/s1. The molecular weight excluding hydrogens is 340 g/mol. The molecule has 1 aromatic carbocycles. The van der Waals surface area contributed by atoms with Crippen LogP contribution in [0.2, 0.25) is 0 Å². The Morgan fingerprint density at radius 2 is 2.15 bits per heavy atom. The number of fused-ring (bicyclic) bond motifs is 1. The van der Waals surface area contributed by atoms with E-state index < -0.39 is 17.7 Å². The fraction of sp³-hybridized carbons (Fsp3) is 0.389. The van der Waals surface area contributed by atoms with Crippen molar-refractivity contribution in [1.29, 1.82) is 0 Å². The smallest absolute Gasteiger partial charge is 0.254 e. The van der Waals surface area contributed by atoms with Gasteiger partial charge in [0.15, 0.2) is 0 Å². The normalized spacial score (nSPS) is 17.8. The summed E-state index contributed by atoms with van der Waals surface area (Å²) in [6, 6.07) is 5.58. The number of aromatic nitrogens is 4. The minimum Gasteiger partial charge on any atom is -0.370 e. The fourth-order valence-corrected chi connectivity index (χ4v) is 3.26. The van der Waals surface area contributed by atoms with E-state index in [2.05, 4.69) is 26.9 Å². The maximum absolute atomic E-state index is 14.2. The van der Waals surface area contributed by atoms with Gasteiger partial charge in [0.1, 0.15) is 29.9 Å². The van der Waals surface area contributed by atoms with Gasteiger partial charge >= 0.3 is 0 Å². The summed E-state index contributed by atoms with van der Waals surface area (Å²) in [7, 11) is 0. The van der Waals surface area contributed by atoms with Crippen LogP contribution in [0.1, 0.15) is 30.7 Å². The predicted molar refractivity (Wildman–Crippen MR) is 92.0 cm³/mol. The third-order valence-corrected chi connectivity index (χ3v) is 4.49. The summed E-state index contributed by atoms with van der Waals surface area (Å²) >= 11 is 0. The van der Waals surface area contributed by atoms with Crippen LogP contribution in [0.4, 0.5) is 14.6 Å². The van der Waals surface area contributed by atoms with E-state index in [-0.39, 0.29) is 0 Å². The molecule has 8 heteroatoms. The number of hydrogen-bond donors (Lipinski definition) is 0. The molecule has 1 atom stereocenters. The van der Waals surface area contributed by atoms with Crippen LogP contribution in [0.25, 0.3) is 5.78 Å². The van der Waals surface area contributed by atoms with Gasteiger partial charge in [-0.25, -0.2) is 13.8 Å². The van der Waals surface area contributed by atoms with Crippen molar-refractivity contribution < 1.29 is 13.5 Å². The van der Waals surface area contributed by atoms with E-state index in [4.69, 9.17) is 4.74 Å². The fourth-order valence-electron chi connectivity index (χ4n) is 3.26. The zero-order valence-electron chi connectivity index (χ0n) is 14.4. The maximum atomic E-state index is 14.2.